The Morgan fingerprint density at radius 1 is 1.44 bits per heavy atom. The standard InChI is InChI=1S/C20H27N3O3S/c1-6-26-20(25)17-15-8-7-11(2)9-16(15)27-19(17)22-18(24)13(4)23-10-12(3)21-14(23)5/h10-11,13H,6-9H2,1-5H3,(H,22,24)/t11-,13+/m0/s1. The summed E-state index contributed by atoms with van der Waals surface area (Å²) in [5, 5.41) is 3.60. The number of nitrogens with one attached hydrogen (secondary N) is 1. The molecule has 2 aromatic rings. The van der Waals surface area contributed by atoms with E-state index in [4.69, 9.17) is 4.74 Å². The highest BCUT2D eigenvalue weighted by molar-refractivity contribution is 7.17. The van der Waals surface area contributed by atoms with Crippen LogP contribution in [0.4, 0.5) is 5.00 Å². The fourth-order valence-corrected chi connectivity index (χ4v) is 5.03. The summed E-state index contributed by atoms with van der Waals surface area (Å²) in [6, 6.07) is -0.417. The number of hydrogen-bond donors (Lipinski definition) is 1. The van der Waals surface area contributed by atoms with Gasteiger partial charge in [-0.3, -0.25) is 4.79 Å². The molecule has 0 radical (unpaired) electrons. The van der Waals surface area contributed by atoms with E-state index in [1.807, 2.05) is 31.5 Å². The summed E-state index contributed by atoms with van der Waals surface area (Å²) in [5.74, 6) is 0.875. The van der Waals surface area contributed by atoms with E-state index in [1.54, 1.807) is 6.92 Å². The molecule has 27 heavy (non-hydrogen) atoms. The van der Waals surface area contributed by atoms with E-state index < -0.39 is 6.04 Å². The first-order chi connectivity index (χ1) is 12.8. The van der Waals surface area contributed by atoms with Crippen molar-refractivity contribution in [1.29, 1.82) is 0 Å². The van der Waals surface area contributed by atoms with Crippen LogP contribution in [0.1, 0.15) is 65.6 Å². The van der Waals surface area contributed by atoms with E-state index in [0.29, 0.717) is 23.1 Å². The van der Waals surface area contributed by atoms with Gasteiger partial charge in [-0.2, -0.15) is 0 Å². The van der Waals surface area contributed by atoms with Gasteiger partial charge in [0.05, 0.1) is 17.9 Å². The first-order valence-corrected chi connectivity index (χ1v) is 10.3. The lowest BCUT2D eigenvalue weighted by atomic mass is 9.88. The molecule has 0 spiro atoms. The quantitative estimate of drug-likeness (QED) is 0.783. The zero-order chi connectivity index (χ0) is 19.7. The molecule has 1 aliphatic rings. The van der Waals surface area contributed by atoms with Gasteiger partial charge in [0.25, 0.3) is 0 Å². The minimum atomic E-state index is -0.417. The monoisotopic (exact) mass is 389 g/mol. The minimum absolute atomic E-state index is 0.160. The average Bonchev–Trinajstić information content (AvgIpc) is 3.12. The van der Waals surface area contributed by atoms with Gasteiger partial charge in [0, 0.05) is 11.1 Å². The molecule has 0 aromatic carbocycles. The Balaban J connectivity index is 1.90. The second kappa shape index (κ2) is 7.84. The van der Waals surface area contributed by atoms with E-state index in [9.17, 15) is 9.59 Å². The van der Waals surface area contributed by atoms with Crippen molar-refractivity contribution >= 4 is 28.2 Å². The number of fused-ring (bicyclic) bond motifs is 1. The number of nitrogens with zero attached hydrogens (tertiary/aromatic N) is 2. The van der Waals surface area contributed by atoms with Gasteiger partial charge >= 0.3 is 5.97 Å². The van der Waals surface area contributed by atoms with Gasteiger partial charge in [-0.1, -0.05) is 6.92 Å². The topological polar surface area (TPSA) is 73.2 Å². The van der Waals surface area contributed by atoms with Crippen molar-refractivity contribution in [3.8, 4) is 0 Å². The van der Waals surface area contributed by atoms with Gasteiger partial charge in [0.2, 0.25) is 5.91 Å². The number of carbonyl (C=O) groups excluding carboxylic acids is 2. The van der Waals surface area contributed by atoms with E-state index in [1.165, 1.54) is 16.2 Å². The first kappa shape index (κ1) is 19.6. The zero-order valence-corrected chi connectivity index (χ0v) is 17.4. The van der Waals surface area contributed by atoms with Gasteiger partial charge in [-0.25, -0.2) is 9.78 Å². The van der Waals surface area contributed by atoms with Crippen LogP contribution in [-0.4, -0.2) is 28.0 Å². The lowest BCUT2D eigenvalue weighted by Gasteiger charge is -2.18. The number of imidazole rings is 1. The molecule has 1 aliphatic carbocycles. The second-order valence-electron chi connectivity index (χ2n) is 7.28. The van der Waals surface area contributed by atoms with Gasteiger partial charge in [-0.15, -0.1) is 11.3 Å². The summed E-state index contributed by atoms with van der Waals surface area (Å²) < 4.78 is 7.12. The molecule has 2 atom stereocenters. The van der Waals surface area contributed by atoms with Crippen molar-refractivity contribution in [1.82, 2.24) is 9.55 Å². The molecule has 0 unspecified atom stereocenters. The largest absolute Gasteiger partial charge is 0.462 e. The molecule has 7 heteroatoms. The van der Waals surface area contributed by atoms with E-state index in [-0.39, 0.29) is 11.9 Å². The summed E-state index contributed by atoms with van der Waals surface area (Å²) >= 11 is 1.51. The van der Waals surface area contributed by atoms with E-state index >= 15 is 0 Å². The second-order valence-corrected chi connectivity index (χ2v) is 8.38. The molecule has 0 fully saturated rings. The fraction of sp³-hybridized carbons (Fsp3) is 0.550. The smallest absolute Gasteiger partial charge is 0.341 e. The molecule has 146 valence electrons. The maximum Gasteiger partial charge on any atom is 0.341 e. The molecule has 2 aromatic heterocycles. The fourth-order valence-electron chi connectivity index (χ4n) is 3.63. The Labute approximate surface area is 163 Å². The third-order valence-electron chi connectivity index (χ3n) is 5.06. The van der Waals surface area contributed by atoms with Crippen LogP contribution in [0.5, 0.6) is 0 Å². The van der Waals surface area contributed by atoms with Gasteiger partial charge < -0.3 is 14.6 Å². The Bertz CT molecular complexity index is 868. The highest BCUT2D eigenvalue weighted by atomic mass is 32.1. The zero-order valence-electron chi connectivity index (χ0n) is 16.6. The number of esters is 1. The summed E-state index contributed by atoms with van der Waals surface area (Å²) in [6.45, 7) is 9.95. The van der Waals surface area contributed by atoms with E-state index in [0.717, 1.165) is 36.3 Å². The summed E-state index contributed by atoms with van der Waals surface area (Å²) in [5.41, 5.74) is 2.47. The molecule has 1 amide bonds. The van der Waals surface area contributed by atoms with Gasteiger partial charge in [0.1, 0.15) is 16.9 Å². The lowest BCUT2D eigenvalue weighted by molar-refractivity contribution is -0.118. The number of aromatic nitrogens is 2. The van der Waals surface area contributed by atoms with Crippen LogP contribution in [0, 0.1) is 19.8 Å². The van der Waals surface area contributed by atoms with Crippen molar-refractivity contribution in [2.24, 2.45) is 5.92 Å². The third-order valence-corrected chi connectivity index (χ3v) is 6.23. The SMILES string of the molecule is CCOC(=O)c1c(NC(=O)[C@@H](C)n2cc(C)nc2C)sc2c1CC[C@H](C)C2. The van der Waals surface area contributed by atoms with Gasteiger partial charge in [0.15, 0.2) is 0 Å². The number of amides is 1. The average molecular weight is 390 g/mol. The molecular weight excluding hydrogens is 362 g/mol. The Kier molecular flexibility index (Phi) is 5.69. The molecule has 3 rings (SSSR count). The molecule has 1 N–H and O–H groups in total. The number of hydrogen-bond acceptors (Lipinski definition) is 5. The van der Waals surface area contributed by atoms with Crippen LogP contribution in [-0.2, 0) is 22.4 Å². The third kappa shape index (κ3) is 3.93. The molecule has 0 aliphatic heterocycles. The van der Waals surface area contributed by atoms with Crippen LogP contribution in [0.3, 0.4) is 0 Å². The number of thiophene rings is 1. The van der Waals surface area contributed by atoms with Crippen molar-refractivity contribution in [3.63, 3.8) is 0 Å². The van der Waals surface area contributed by atoms with Crippen molar-refractivity contribution in [2.75, 3.05) is 11.9 Å². The maximum atomic E-state index is 12.9. The maximum absolute atomic E-state index is 12.9. The van der Waals surface area contributed by atoms with Crippen molar-refractivity contribution in [3.05, 3.63) is 33.7 Å². The number of anilines is 1. The normalized spacial score (nSPS) is 17.3. The molecular formula is C20H27N3O3S. The van der Waals surface area contributed by atoms with Gasteiger partial charge in [-0.05, 0) is 58.4 Å². The molecule has 0 bridgehead atoms. The van der Waals surface area contributed by atoms with Crippen LogP contribution in [0.2, 0.25) is 0 Å². The number of ether oxygens (including phenoxy) is 1. The summed E-state index contributed by atoms with van der Waals surface area (Å²) in [7, 11) is 0. The number of rotatable bonds is 5. The molecule has 0 saturated heterocycles. The summed E-state index contributed by atoms with van der Waals surface area (Å²) in [4.78, 5) is 31.0. The Morgan fingerprint density at radius 2 is 2.19 bits per heavy atom. The molecule has 0 saturated carbocycles. The van der Waals surface area contributed by atoms with Crippen LogP contribution < -0.4 is 5.32 Å². The lowest BCUT2D eigenvalue weighted by Crippen LogP contribution is -2.24. The molecule has 2 heterocycles. The van der Waals surface area contributed by atoms with Crippen LogP contribution in [0.15, 0.2) is 6.20 Å². The minimum Gasteiger partial charge on any atom is -0.462 e. The van der Waals surface area contributed by atoms with Crippen LogP contribution in [0.25, 0.3) is 0 Å². The van der Waals surface area contributed by atoms with Crippen molar-refractivity contribution in [2.45, 2.75) is 59.9 Å². The highest BCUT2D eigenvalue weighted by Crippen LogP contribution is 2.40. The number of carbonyl (C=O) groups is 2. The number of aryl methyl sites for hydroxylation is 2. The predicted octanol–water partition coefficient (Wildman–Crippen LogP) is 4.06. The van der Waals surface area contributed by atoms with Crippen molar-refractivity contribution < 1.29 is 14.3 Å². The molecule has 6 nitrogen and oxygen atoms in total. The van der Waals surface area contributed by atoms with Crippen LogP contribution >= 0.6 is 11.3 Å². The Hall–Kier alpha value is -2.15. The Morgan fingerprint density at radius 3 is 2.81 bits per heavy atom. The summed E-state index contributed by atoms with van der Waals surface area (Å²) in [6.07, 6.45) is 4.71. The predicted molar refractivity (Wildman–Crippen MR) is 107 cm³/mol. The highest BCUT2D eigenvalue weighted by Gasteiger charge is 2.30. The first-order valence-electron chi connectivity index (χ1n) is 9.46. The van der Waals surface area contributed by atoms with E-state index in [2.05, 4.69) is 17.2 Å².